The zero-order valence-electron chi connectivity index (χ0n) is 21.4. The van der Waals surface area contributed by atoms with Crippen LogP contribution in [0.25, 0.3) is 10.9 Å². The van der Waals surface area contributed by atoms with Crippen LogP contribution in [0, 0.1) is 11.8 Å². The molecule has 1 saturated carbocycles. The Morgan fingerprint density at radius 2 is 1.88 bits per heavy atom. The number of methoxy groups -OCH3 is 2. The van der Waals surface area contributed by atoms with Gasteiger partial charge in [0.2, 0.25) is 5.91 Å². The van der Waals surface area contributed by atoms with E-state index in [1.54, 1.807) is 19.1 Å². The van der Waals surface area contributed by atoms with E-state index < -0.39 is 5.54 Å². The summed E-state index contributed by atoms with van der Waals surface area (Å²) in [4.78, 5) is 29.6. The summed E-state index contributed by atoms with van der Waals surface area (Å²) in [5, 5.41) is 4.18. The summed E-state index contributed by atoms with van der Waals surface area (Å²) in [7, 11) is 3.24. The maximum absolute atomic E-state index is 13.9. The molecule has 1 aliphatic carbocycles. The molecule has 7 heteroatoms. The van der Waals surface area contributed by atoms with Gasteiger partial charge in [-0.2, -0.15) is 0 Å². The fraction of sp³-hybridized carbons (Fsp3) is 0.630. The molecule has 4 rings (SSSR count). The molecule has 0 bridgehead atoms. The number of rotatable bonds is 7. The van der Waals surface area contributed by atoms with Crippen LogP contribution in [0.1, 0.15) is 70.3 Å². The minimum Gasteiger partial charge on any atom is -0.496 e. The third-order valence-corrected chi connectivity index (χ3v) is 8.20. The van der Waals surface area contributed by atoms with Crippen LogP contribution in [0.15, 0.2) is 18.2 Å². The molecule has 0 saturated heterocycles. The van der Waals surface area contributed by atoms with Gasteiger partial charge >= 0.3 is 0 Å². The number of hydrogen-bond acceptors (Lipinski definition) is 4. The summed E-state index contributed by atoms with van der Waals surface area (Å²) in [6.07, 6.45) is 5.10. The van der Waals surface area contributed by atoms with Crippen molar-refractivity contribution in [2.24, 2.45) is 11.8 Å². The van der Waals surface area contributed by atoms with E-state index in [0.717, 1.165) is 36.6 Å². The Morgan fingerprint density at radius 1 is 1.18 bits per heavy atom. The van der Waals surface area contributed by atoms with Crippen molar-refractivity contribution in [3.63, 3.8) is 0 Å². The Morgan fingerprint density at radius 3 is 2.56 bits per heavy atom. The molecule has 1 fully saturated rings. The van der Waals surface area contributed by atoms with E-state index in [-0.39, 0.29) is 17.9 Å². The van der Waals surface area contributed by atoms with Crippen LogP contribution >= 0.6 is 0 Å². The van der Waals surface area contributed by atoms with Crippen molar-refractivity contribution in [2.45, 2.75) is 77.9 Å². The average Bonchev–Trinajstić information content (AvgIpc) is 3.20. The number of nitrogens with zero attached hydrogens (tertiary/aromatic N) is 2. The number of carbonyl (C=O) groups excluding carboxylic acids is 2. The smallest absolute Gasteiger partial charge is 0.271 e. The summed E-state index contributed by atoms with van der Waals surface area (Å²) < 4.78 is 13.2. The molecular weight excluding hydrogens is 430 g/mol. The summed E-state index contributed by atoms with van der Waals surface area (Å²) in [5.41, 5.74) is 0.359. The minimum absolute atomic E-state index is 0.0720. The van der Waals surface area contributed by atoms with Crippen LogP contribution in [0.5, 0.6) is 11.5 Å². The van der Waals surface area contributed by atoms with Gasteiger partial charge in [-0.05, 0) is 49.8 Å². The molecule has 4 atom stereocenters. The molecule has 186 valence electrons. The first-order valence-corrected chi connectivity index (χ1v) is 12.6. The predicted octanol–water partition coefficient (Wildman–Crippen LogP) is 4.61. The highest BCUT2D eigenvalue weighted by Crippen LogP contribution is 2.40. The lowest BCUT2D eigenvalue weighted by molar-refractivity contribution is -0.134. The lowest BCUT2D eigenvalue weighted by Gasteiger charge is -2.45. The maximum Gasteiger partial charge on any atom is 0.271 e. The van der Waals surface area contributed by atoms with E-state index in [9.17, 15) is 9.59 Å². The van der Waals surface area contributed by atoms with Gasteiger partial charge in [0.15, 0.2) is 0 Å². The first-order chi connectivity index (χ1) is 16.3. The van der Waals surface area contributed by atoms with Crippen molar-refractivity contribution in [3.8, 4) is 11.5 Å². The fourth-order valence-electron chi connectivity index (χ4n) is 5.73. The Kier molecular flexibility index (Phi) is 6.83. The zero-order valence-corrected chi connectivity index (χ0v) is 21.4. The Labute approximate surface area is 202 Å². The normalized spacial score (nSPS) is 26.9. The average molecular weight is 470 g/mol. The van der Waals surface area contributed by atoms with Crippen LogP contribution in [0.2, 0.25) is 0 Å². The molecule has 34 heavy (non-hydrogen) atoms. The molecule has 0 spiro atoms. The number of nitrogens with one attached hydrogen (secondary N) is 1. The van der Waals surface area contributed by atoms with E-state index >= 15 is 0 Å². The molecule has 0 radical (unpaired) electrons. The van der Waals surface area contributed by atoms with Gasteiger partial charge in [0.05, 0.1) is 26.3 Å². The van der Waals surface area contributed by atoms with Crippen molar-refractivity contribution in [2.75, 3.05) is 20.8 Å². The second-order valence-corrected chi connectivity index (χ2v) is 10.3. The predicted molar refractivity (Wildman–Crippen MR) is 134 cm³/mol. The van der Waals surface area contributed by atoms with Gasteiger partial charge in [-0.15, -0.1) is 0 Å². The van der Waals surface area contributed by atoms with Crippen LogP contribution in [0.3, 0.4) is 0 Å². The number of hydrogen-bond donors (Lipinski definition) is 1. The van der Waals surface area contributed by atoms with E-state index in [2.05, 4.69) is 26.1 Å². The molecule has 1 N–H and O–H groups in total. The Hall–Kier alpha value is -2.70. The lowest BCUT2D eigenvalue weighted by atomic mass is 9.77. The zero-order chi connectivity index (χ0) is 24.6. The monoisotopic (exact) mass is 469 g/mol. The number of amides is 2. The van der Waals surface area contributed by atoms with E-state index in [1.807, 2.05) is 29.7 Å². The Bertz CT molecular complexity index is 1080. The third kappa shape index (κ3) is 3.93. The van der Waals surface area contributed by atoms with E-state index in [4.69, 9.17) is 9.47 Å². The first-order valence-electron chi connectivity index (χ1n) is 12.6. The standard InChI is InChI=1S/C27H39N3O4/c1-7-8-14-30-25(31)21-15-19-22(33-5)12-13-23(34-6)24(19)29(21)16-27(30,4)26(32)28-20-11-9-10-17(2)18(20)3/h12-13,15,17-18,20H,7-11,14,16H2,1-6H3,(H,28,32)/t17-,18-,20-,27-/m1/s1. The summed E-state index contributed by atoms with van der Waals surface area (Å²) in [6, 6.07) is 5.71. The number of ether oxygens (including phenoxy) is 2. The second-order valence-electron chi connectivity index (χ2n) is 10.3. The van der Waals surface area contributed by atoms with Gasteiger partial charge in [-0.25, -0.2) is 0 Å². The van der Waals surface area contributed by atoms with Crippen LogP contribution in [-0.2, 0) is 11.3 Å². The second kappa shape index (κ2) is 9.51. The highest BCUT2D eigenvalue weighted by molar-refractivity contribution is 6.05. The number of carbonyl (C=O) groups is 2. The quantitative estimate of drug-likeness (QED) is 0.643. The van der Waals surface area contributed by atoms with Crippen molar-refractivity contribution < 1.29 is 19.1 Å². The summed E-state index contributed by atoms with van der Waals surface area (Å²) in [5.74, 6) is 2.14. The van der Waals surface area contributed by atoms with Gasteiger partial charge in [0.1, 0.15) is 22.7 Å². The fourth-order valence-corrected chi connectivity index (χ4v) is 5.73. The van der Waals surface area contributed by atoms with Gasteiger partial charge in [-0.3, -0.25) is 9.59 Å². The highest BCUT2D eigenvalue weighted by Gasteiger charge is 2.48. The van der Waals surface area contributed by atoms with Gasteiger partial charge in [-0.1, -0.05) is 40.0 Å². The molecule has 7 nitrogen and oxygen atoms in total. The molecule has 2 aliphatic rings. The Balaban J connectivity index is 1.78. The van der Waals surface area contributed by atoms with E-state index in [0.29, 0.717) is 42.1 Å². The van der Waals surface area contributed by atoms with Crippen molar-refractivity contribution in [3.05, 3.63) is 23.9 Å². The molecule has 2 amide bonds. The van der Waals surface area contributed by atoms with Gasteiger partial charge < -0.3 is 24.3 Å². The van der Waals surface area contributed by atoms with E-state index in [1.165, 1.54) is 6.42 Å². The molecule has 2 aromatic rings. The number of fused-ring (bicyclic) bond motifs is 3. The molecule has 1 aromatic heterocycles. The van der Waals surface area contributed by atoms with Crippen molar-refractivity contribution >= 4 is 22.7 Å². The molecule has 1 aliphatic heterocycles. The molecule has 0 unspecified atom stereocenters. The van der Waals surface area contributed by atoms with Crippen LogP contribution in [0.4, 0.5) is 0 Å². The maximum atomic E-state index is 13.9. The molecular formula is C27H39N3O4. The minimum atomic E-state index is -1.00. The van der Waals surface area contributed by atoms with Crippen molar-refractivity contribution in [1.29, 1.82) is 0 Å². The third-order valence-electron chi connectivity index (χ3n) is 8.20. The van der Waals surface area contributed by atoms with Gasteiger partial charge in [0.25, 0.3) is 5.91 Å². The first kappa shape index (κ1) is 24.4. The lowest BCUT2D eigenvalue weighted by Crippen LogP contribution is -2.65. The molecule has 2 heterocycles. The topological polar surface area (TPSA) is 72.8 Å². The number of benzene rings is 1. The van der Waals surface area contributed by atoms with Crippen molar-refractivity contribution in [1.82, 2.24) is 14.8 Å². The summed E-state index contributed by atoms with van der Waals surface area (Å²) >= 11 is 0. The highest BCUT2D eigenvalue weighted by atomic mass is 16.5. The summed E-state index contributed by atoms with van der Waals surface area (Å²) in [6.45, 7) is 9.42. The van der Waals surface area contributed by atoms with Crippen LogP contribution in [-0.4, -0.2) is 53.6 Å². The van der Waals surface area contributed by atoms with Gasteiger partial charge in [0, 0.05) is 18.0 Å². The number of unbranched alkanes of at least 4 members (excludes halogenated alkanes) is 1. The van der Waals surface area contributed by atoms with Crippen LogP contribution < -0.4 is 14.8 Å². The SMILES string of the molecule is CCCCN1C(=O)c2cc3c(OC)ccc(OC)c3n2C[C@]1(C)C(=O)N[C@@H]1CCC[C@@H](C)[C@H]1C. The number of aromatic nitrogens is 1. The largest absolute Gasteiger partial charge is 0.496 e. The molecule has 1 aromatic carbocycles.